The van der Waals surface area contributed by atoms with Crippen molar-refractivity contribution < 1.29 is 0 Å². The Labute approximate surface area is 207 Å². The molecule has 0 N–H and O–H groups in total. The summed E-state index contributed by atoms with van der Waals surface area (Å²) in [5, 5.41) is 12.2. The van der Waals surface area contributed by atoms with Gasteiger partial charge in [0.2, 0.25) is 0 Å². The minimum atomic E-state index is 0.942. The fraction of sp³-hybridized carbons (Fsp3) is 0. The second-order valence-electron chi connectivity index (χ2n) is 9.42. The molecule has 166 valence electrons. The maximum absolute atomic E-state index is 5.27. The largest absolute Gasteiger partial charge is 0.254 e. The van der Waals surface area contributed by atoms with Crippen LogP contribution in [0.3, 0.4) is 0 Å². The van der Waals surface area contributed by atoms with E-state index in [1.165, 1.54) is 48.7 Å². The first-order valence-corrected chi connectivity index (χ1v) is 12.3. The molecule has 8 rings (SSSR count). The number of aromatic nitrogens is 2. The van der Waals surface area contributed by atoms with Crippen LogP contribution in [-0.2, 0) is 0 Å². The lowest BCUT2D eigenvalue weighted by Gasteiger charge is -2.15. The van der Waals surface area contributed by atoms with Crippen molar-refractivity contribution in [3.63, 3.8) is 0 Å². The van der Waals surface area contributed by atoms with E-state index in [0.29, 0.717) is 0 Å². The number of benzene rings is 6. The van der Waals surface area contributed by atoms with Crippen LogP contribution in [-0.4, -0.2) is 9.97 Å². The second kappa shape index (κ2) is 7.34. The molecule has 0 radical (unpaired) electrons. The average Bonchev–Trinajstić information content (AvgIpc) is 2.95. The number of hydrogen-bond acceptors (Lipinski definition) is 2. The molecule has 2 nitrogen and oxygen atoms in total. The fourth-order valence-corrected chi connectivity index (χ4v) is 5.77. The fourth-order valence-electron chi connectivity index (χ4n) is 5.77. The molecule has 0 spiro atoms. The Morgan fingerprint density at radius 1 is 0.389 bits per heavy atom. The molecule has 8 aromatic rings. The molecule has 0 aliphatic carbocycles. The van der Waals surface area contributed by atoms with Crippen LogP contribution >= 0.6 is 0 Å². The third-order valence-corrected chi connectivity index (χ3v) is 7.46. The Bertz CT molecular complexity index is 2060. The van der Waals surface area contributed by atoms with Crippen LogP contribution in [0.25, 0.3) is 76.2 Å². The lowest BCUT2D eigenvalue weighted by molar-refractivity contribution is 1.38. The molecule has 0 saturated carbocycles. The summed E-state index contributed by atoms with van der Waals surface area (Å²) in [4.78, 5) is 9.96. The SMILES string of the molecule is c1ccc2c(c1)ccc1c(-c3ccc4ccc5cccnc5c4n3)c3ccc4ccccc4c3cc12. The molecule has 2 heteroatoms. The minimum Gasteiger partial charge on any atom is -0.254 e. The van der Waals surface area contributed by atoms with Gasteiger partial charge in [0, 0.05) is 22.5 Å². The summed E-state index contributed by atoms with van der Waals surface area (Å²) in [5.41, 5.74) is 4.03. The van der Waals surface area contributed by atoms with Crippen molar-refractivity contribution in [1.82, 2.24) is 9.97 Å². The summed E-state index contributed by atoms with van der Waals surface area (Å²) < 4.78 is 0. The van der Waals surface area contributed by atoms with Gasteiger partial charge >= 0.3 is 0 Å². The number of rotatable bonds is 1. The molecular weight excluding hydrogens is 436 g/mol. The monoisotopic (exact) mass is 456 g/mol. The zero-order valence-corrected chi connectivity index (χ0v) is 19.4. The van der Waals surface area contributed by atoms with Gasteiger partial charge in [-0.2, -0.15) is 0 Å². The normalized spacial score (nSPS) is 11.9. The number of pyridine rings is 2. The predicted octanol–water partition coefficient (Wildman–Crippen LogP) is 9.06. The third-order valence-electron chi connectivity index (χ3n) is 7.46. The lowest BCUT2D eigenvalue weighted by Crippen LogP contribution is -1.92. The van der Waals surface area contributed by atoms with Gasteiger partial charge in [0.1, 0.15) is 0 Å². The van der Waals surface area contributed by atoms with Crippen LogP contribution in [0, 0.1) is 0 Å². The molecule has 0 fully saturated rings. The molecular formula is C34H20N2. The number of fused-ring (bicyclic) bond motifs is 9. The van der Waals surface area contributed by atoms with E-state index in [1.807, 2.05) is 12.3 Å². The zero-order valence-electron chi connectivity index (χ0n) is 19.4. The Kier molecular flexibility index (Phi) is 3.97. The molecule has 2 aromatic heterocycles. The van der Waals surface area contributed by atoms with Crippen LogP contribution in [0.15, 0.2) is 121 Å². The first-order valence-electron chi connectivity index (χ1n) is 12.3. The summed E-state index contributed by atoms with van der Waals surface area (Å²) in [6.45, 7) is 0. The van der Waals surface area contributed by atoms with E-state index < -0.39 is 0 Å². The van der Waals surface area contributed by atoms with Crippen LogP contribution in [0.5, 0.6) is 0 Å². The van der Waals surface area contributed by atoms with Crippen LogP contribution in [0.1, 0.15) is 0 Å². The van der Waals surface area contributed by atoms with Crippen molar-refractivity contribution in [1.29, 1.82) is 0 Å². The molecule has 2 heterocycles. The van der Waals surface area contributed by atoms with Crippen LogP contribution in [0.2, 0.25) is 0 Å². The molecule has 0 aliphatic rings. The van der Waals surface area contributed by atoms with E-state index in [1.54, 1.807) is 0 Å². The van der Waals surface area contributed by atoms with Gasteiger partial charge in [0.15, 0.2) is 0 Å². The maximum atomic E-state index is 5.27. The highest BCUT2D eigenvalue weighted by Crippen LogP contribution is 2.41. The van der Waals surface area contributed by atoms with Gasteiger partial charge in [0.05, 0.1) is 16.7 Å². The van der Waals surface area contributed by atoms with Crippen LogP contribution in [0.4, 0.5) is 0 Å². The number of hydrogen-bond donors (Lipinski definition) is 0. The van der Waals surface area contributed by atoms with Crippen molar-refractivity contribution in [2.45, 2.75) is 0 Å². The zero-order chi connectivity index (χ0) is 23.6. The summed E-state index contributed by atoms with van der Waals surface area (Å²) in [6, 6.07) is 41.3. The quantitative estimate of drug-likeness (QED) is 0.182. The molecule has 0 unspecified atom stereocenters. The van der Waals surface area contributed by atoms with Gasteiger partial charge in [-0.15, -0.1) is 0 Å². The standard InChI is InChI=1S/C34H20N2/c1-3-9-25-21(6-1)13-16-27-29(25)20-30-26-10-4-2-7-22(26)14-17-28(30)32(27)31-18-15-24-12-11-23-8-5-19-35-33(23)34(24)36-31/h1-20H. The van der Waals surface area contributed by atoms with E-state index in [4.69, 9.17) is 4.98 Å². The highest BCUT2D eigenvalue weighted by Gasteiger charge is 2.16. The molecule has 0 saturated heterocycles. The molecule has 0 aliphatic heterocycles. The van der Waals surface area contributed by atoms with Crippen molar-refractivity contribution in [3.05, 3.63) is 121 Å². The van der Waals surface area contributed by atoms with Gasteiger partial charge < -0.3 is 0 Å². The van der Waals surface area contributed by atoms with Crippen molar-refractivity contribution >= 4 is 64.9 Å². The van der Waals surface area contributed by atoms with E-state index in [9.17, 15) is 0 Å². The molecule has 6 aromatic carbocycles. The predicted molar refractivity (Wildman–Crippen MR) is 153 cm³/mol. The summed E-state index contributed by atoms with van der Waals surface area (Å²) in [7, 11) is 0. The Morgan fingerprint density at radius 2 is 0.944 bits per heavy atom. The van der Waals surface area contributed by atoms with Crippen LogP contribution < -0.4 is 0 Å². The topological polar surface area (TPSA) is 25.8 Å². The first-order chi connectivity index (χ1) is 17.8. The van der Waals surface area contributed by atoms with E-state index in [0.717, 1.165) is 27.5 Å². The Balaban J connectivity index is 1.58. The first kappa shape index (κ1) is 19.5. The maximum Gasteiger partial charge on any atom is 0.0972 e. The smallest absolute Gasteiger partial charge is 0.0972 e. The Hall–Kier alpha value is -4.82. The average molecular weight is 457 g/mol. The van der Waals surface area contributed by atoms with Crippen molar-refractivity contribution in [2.24, 2.45) is 0 Å². The molecule has 36 heavy (non-hydrogen) atoms. The van der Waals surface area contributed by atoms with Gasteiger partial charge in [-0.25, -0.2) is 4.98 Å². The number of nitrogens with zero attached hydrogens (tertiary/aromatic N) is 2. The van der Waals surface area contributed by atoms with Crippen molar-refractivity contribution in [3.8, 4) is 11.3 Å². The lowest BCUT2D eigenvalue weighted by atomic mass is 9.89. The summed E-state index contributed by atoms with van der Waals surface area (Å²) in [5.74, 6) is 0. The second-order valence-corrected chi connectivity index (χ2v) is 9.42. The van der Waals surface area contributed by atoms with E-state index in [2.05, 4.69) is 114 Å². The molecule has 0 atom stereocenters. The third kappa shape index (κ3) is 2.73. The van der Waals surface area contributed by atoms with Crippen molar-refractivity contribution in [2.75, 3.05) is 0 Å². The van der Waals surface area contributed by atoms with Gasteiger partial charge in [-0.05, 0) is 61.3 Å². The highest BCUT2D eigenvalue weighted by molar-refractivity contribution is 6.24. The van der Waals surface area contributed by atoms with E-state index in [-0.39, 0.29) is 0 Å². The summed E-state index contributed by atoms with van der Waals surface area (Å²) in [6.07, 6.45) is 1.85. The van der Waals surface area contributed by atoms with Gasteiger partial charge in [-0.3, -0.25) is 4.98 Å². The molecule has 0 bridgehead atoms. The van der Waals surface area contributed by atoms with Gasteiger partial charge in [-0.1, -0.05) is 97.1 Å². The van der Waals surface area contributed by atoms with Gasteiger partial charge in [0.25, 0.3) is 0 Å². The highest BCUT2D eigenvalue weighted by atomic mass is 14.8. The Morgan fingerprint density at radius 3 is 1.64 bits per heavy atom. The molecule has 0 amide bonds. The minimum absolute atomic E-state index is 0.942. The van der Waals surface area contributed by atoms with E-state index >= 15 is 0 Å². The summed E-state index contributed by atoms with van der Waals surface area (Å²) >= 11 is 0.